The summed E-state index contributed by atoms with van der Waals surface area (Å²) in [5.74, 6) is -1.16. The molecule has 8 heteroatoms. The maximum Gasteiger partial charge on any atom is 0.278 e. The molecule has 122 valence electrons. The van der Waals surface area contributed by atoms with Gasteiger partial charge in [0.2, 0.25) is 5.91 Å². The molecule has 0 aliphatic rings. The van der Waals surface area contributed by atoms with Crippen LogP contribution in [0.5, 0.6) is 5.75 Å². The van der Waals surface area contributed by atoms with Gasteiger partial charge in [-0.3, -0.25) is 14.9 Å². The van der Waals surface area contributed by atoms with E-state index in [4.69, 9.17) is 15.7 Å². The van der Waals surface area contributed by atoms with Crippen molar-refractivity contribution in [2.45, 2.75) is 13.0 Å². The predicted molar refractivity (Wildman–Crippen MR) is 81.4 cm³/mol. The fourth-order valence-corrected chi connectivity index (χ4v) is 2.08. The summed E-state index contributed by atoms with van der Waals surface area (Å²) >= 11 is 0. The maximum absolute atomic E-state index is 12.9. The lowest BCUT2D eigenvalue weighted by Gasteiger charge is -2.12. The zero-order valence-corrected chi connectivity index (χ0v) is 12.4. The van der Waals surface area contributed by atoms with Gasteiger partial charge in [-0.15, -0.1) is 0 Å². The van der Waals surface area contributed by atoms with Crippen LogP contribution in [0.1, 0.15) is 16.7 Å². The molecule has 2 aromatic carbocycles. The van der Waals surface area contributed by atoms with Gasteiger partial charge in [0.1, 0.15) is 18.2 Å². The van der Waals surface area contributed by atoms with E-state index in [2.05, 4.69) is 0 Å². The minimum absolute atomic E-state index is 0.00592. The van der Waals surface area contributed by atoms with Gasteiger partial charge in [0.05, 0.1) is 28.5 Å². The lowest BCUT2D eigenvalue weighted by Crippen LogP contribution is -2.16. The van der Waals surface area contributed by atoms with Crippen LogP contribution in [-0.2, 0) is 17.8 Å². The number of amides is 1. The highest BCUT2D eigenvalue weighted by Gasteiger charge is 2.22. The van der Waals surface area contributed by atoms with Gasteiger partial charge >= 0.3 is 0 Å². The van der Waals surface area contributed by atoms with Crippen molar-refractivity contribution in [2.24, 2.45) is 5.73 Å². The molecular formula is C16H12FN3O4. The number of nitrogens with zero attached hydrogens (tertiary/aromatic N) is 2. The Bertz CT molecular complexity index is 828. The van der Waals surface area contributed by atoms with Gasteiger partial charge in [-0.1, -0.05) is 12.1 Å². The number of ether oxygens (including phenoxy) is 1. The van der Waals surface area contributed by atoms with E-state index in [9.17, 15) is 19.3 Å². The Morgan fingerprint density at radius 3 is 2.54 bits per heavy atom. The Hall–Kier alpha value is -3.47. The quantitative estimate of drug-likeness (QED) is 0.643. The molecule has 0 atom stereocenters. The summed E-state index contributed by atoms with van der Waals surface area (Å²) in [6, 6.07) is 9.64. The van der Waals surface area contributed by atoms with Crippen molar-refractivity contribution >= 4 is 11.6 Å². The molecule has 0 bridgehead atoms. The number of carbonyl (C=O) groups is 1. The first-order valence-electron chi connectivity index (χ1n) is 6.77. The van der Waals surface area contributed by atoms with E-state index in [1.165, 1.54) is 30.3 Å². The molecule has 7 nitrogen and oxygen atoms in total. The summed E-state index contributed by atoms with van der Waals surface area (Å²) in [6.07, 6.45) is -0.402. The molecule has 0 unspecified atom stereocenters. The highest BCUT2D eigenvalue weighted by molar-refractivity contribution is 5.79. The van der Waals surface area contributed by atoms with E-state index in [1.807, 2.05) is 0 Å². The molecule has 1 amide bonds. The van der Waals surface area contributed by atoms with Crippen LogP contribution < -0.4 is 10.5 Å². The van der Waals surface area contributed by atoms with Crippen LogP contribution in [0.3, 0.4) is 0 Å². The standard InChI is InChI=1S/C16H12FN3O4/c17-12-3-1-10(2-4-12)9-24-15-6-11(8-18)5-14(20(22)23)13(15)7-16(19)21/h1-6H,7,9H2,(H2,19,21). The molecule has 0 aliphatic heterocycles. The molecule has 0 fully saturated rings. The second kappa shape index (κ2) is 7.19. The topological polar surface area (TPSA) is 119 Å². The van der Waals surface area contributed by atoms with Gasteiger partial charge in [-0.2, -0.15) is 5.26 Å². The van der Waals surface area contributed by atoms with E-state index in [-0.39, 0.29) is 23.5 Å². The van der Waals surface area contributed by atoms with Crippen LogP contribution in [-0.4, -0.2) is 10.8 Å². The van der Waals surface area contributed by atoms with E-state index < -0.39 is 28.8 Å². The zero-order chi connectivity index (χ0) is 17.7. The molecule has 2 aromatic rings. The number of nitrogens with two attached hydrogens (primary N) is 1. The monoisotopic (exact) mass is 329 g/mol. The van der Waals surface area contributed by atoms with E-state index in [1.54, 1.807) is 6.07 Å². The van der Waals surface area contributed by atoms with Crippen LogP contribution >= 0.6 is 0 Å². The smallest absolute Gasteiger partial charge is 0.278 e. The third-order valence-electron chi connectivity index (χ3n) is 3.17. The number of nitriles is 1. The summed E-state index contributed by atoms with van der Waals surface area (Å²) < 4.78 is 18.4. The fraction of sp³-hybridized carbons (Fsp3) is 0.125. The van der Waals surface area contributed by atoms with Crippen LogP contribution in [0.4, 0.5) is 10.1 Å². The number of halogens is 1. The Morgan fingerprint density at radius 1 is 1.33 bits per heavy atom. The van der Waals surface area contributed by atoms with Crippen LogP contribution in [0.25, 0.3) is 0 Å². The largest absolute Gasteiger partial charge is 0.488 e. The number of rotatable bonds is 6. The highest BCUT2D eigenvalue weighted by Crippen LogP contribution is 2.31. The van der Waals surface area contributed by atoms with Crippen LogP contribution in [0.2, 0.25) is 0 Å². The summed E-state index contributed by atoms with van der Waals surface area (Å²) in [7, 11) is 0. The van der Waals surface area contributed by atoms with Crippen molar-refractivity contribution in [2.75, 3.05) is 0 Å². The zero-order valence-electron chi connectivity index (χ0n) is 12.4. The summed E-state index contributed by atoms with van der Waals surface area (Å²) in [5, 5.41) is 20.2. The third kappa shape index (κ3) is 4.04. The van der Waals surface area contributed by atoms with Crippen molar-refractivity contribution in [3.05, 3.63) is 69.0 Å². The van der Waals surface area contributed by atoms with Gasteiger partial charge in [-0.25, -0.2) is 4.39 Å². The first-order chi connectivity index (χ1) is 11.4. The van der Waals surface area contributed by atoms with Crippen molar-refractivity contribution < 1.29 is 18.8 Å². The molecular weight excluding hydrogens is 317 g/mol. The van der Waals surface area contributed by atoms with E-state index in [0.29, 0.717) is 5.56 Å². The molecule has 0 aromatic heterocycles. The maximum atomic E-state index is 12.9. The second-order valence-corrected chi connectivity index (χ2v) is 4.90. The summed E-state index contributed by atoms with van der Waals surface area (Å²) in [6.45, 7) is -0.0158. The molecule has 0 radical (unpaired) electrons. The van der Waals surface area contributed by atoms with Crippen LogP contribution in [0, 0.1) is 27.3 Å². The fourth-order valence-electron chi connectivity index (χ4n) is 2.08. The third-order valence-corrected chi connectivity index (χ3v) is 3.17. The van der Waals surface area contributed by atoms with Gasteiger partial charge < -0.3 is 10.5 Å². The minimum atomic E-state index is -0.769. The number of primary amides is 1. The summed E-state index contributed by atoms with van der Waals surface area (Å²) in [5.41, 5.74) is 5.35. The SMILES string of the molecule is N#Cc1cc(OCc2ccc(F)cc2)c(CC(N)=O)c([N+](=O)[O-])c1. The number of benzene rings is 2. The summed E-state index contributed by atoms with van der Waals surface area (Å²) in [4.78, 5) is 21.7. The second-order valence-electron chi connectivity index (χ2n) is 4.90. The Labute approximate surface area is 136 Å². The number of hydrogen-bond donors (Lipinski definition) is 1. The molecule has 0 saturated carbocycles. The lowest BCUT2D eigenvalue weighted by molar-refractivity contribution is -0.385. The van der Waals surface area contributed by atoms with Crippen molar-refractivity contribution in [3.8, 4) is 11.8 Å². The average molecular weight is 329 g/mol. The van der Waals surface area contributed by atoms with Gasteiger partial charge in [0, 0.05) is 6.07 Å². The number of nitro benzene ring substituents is 1. The highest BCUT2D eigenvalue weighted by atomic mass is 19.1. The molecule has 0 saturated heterocycles. The number of nitro groups is 1. The molecule has 2 N–H and O–H groups in total. The first kappa shape index (κ1) is 16.9. The Morgan fingerprint density at radius 2 is 2.00 bits per heavy atom. The Kier molecular flexibility index (Phi) is 5.06. The average Bonchev–Trinajstić information content (AvgIpc) is 2.54. The molecule has 24 heavy (non-hydrogen) atoms. The lowest BCUT2D eigenvalue weighted by atomic mass is 10.0. The molecule has 0 aliphatic carbocycles. The molecule has 2 rings (SSSR count). The van der Waals surface area contributed by atoms with E-state index >= 15 is 0 Å². The van der Waals surface area contributed by atoms with Gasteiger partial charge in [0.15, 0.2) is 0 Å². The van der Waals surface area contributed by atoms with E-state index in [0.717, 1.165) is 6.07 Å². The van der Waals surface area contributed by atoms with Crippen LogP contribution in [0.15, 0.2) is 36.4 Å². The number of hydrogen-bond acceptors (Lipinski definition) is 5. The van der Waals surface area contributed by atoms with Crippen molar-refractivity contribution in [1.29, 1.82) is 5.26 Å². The number of carbonyl (C=O) groups excluding carboxylic acids is 1. The van der Waals surface area contributed by atoms with Gasteiger partial charge in [0.25, 0.3) is 5.69 Å². The minimum Gasteiger partial charge on any atom is -0.488 e. The first-order valence-corrected chi connectivity index (χ1v) is 6.77. The van der Waals surface area contributed by atoms with Crippen molar-refractivity contribution in [3.63, 3.8) is 0 Å². The van der Waals surface area contributed by atoms with Gasteiger partial charge in [-0.05, 0) is 23.8 Å². The molecule has 0 spiro atoms. The van der Waals surface area contributed by atoms with Crippen molar-refractivity contribution in [1.82, 2.24) is 0 Å². The normalized spacial score (nSPS) is 10.0. The Balaban J connectivity index is 2.40. The molecule has 0 heterocycles. The predicted octanol–water partition coefficient (Wildman–Crippen LogP) is 2.21.